The molecule has 6 nitrogen and oxygen atoms in total. The minimum absolute atomic E-state index is 0.0849. The second kappa shape index (κ2) is 4.39. The van der Waals surface area contributed by atoms with Crippen molar-refractivity contribution >= 4 is 21.1 Å². The predicted molar refractivity (Wildman–Crippen MR) is 75.3 cm³/mol. The zero-order chi connectivity index (χ0) is 14.3. The molecule has 2 N–H and O–H groups in total. The van der Waals surface area contributed by atoms with Gasteiger partial charge in [0.2, 0.25) is 10.0 Å². The number of nitrogens with two attached hydrogens (primary N) is 1. The summed E-state index contributed by atoms with van der Waals surface area (Å²) < 4.78 is 24.4. The van der Waals surface area contributed by atoms with Crippen molar-refractivity contribution in [3.05, 3.63) is 42.7 Å². The summed E-state index contributed by atoms with van der Waals surface area (Å²) in [6.45, 7) is 0. The fourth-order valence-corrected chi connectivity index (χ4v) is 2.60. The first-order valence-electron chi connectivity index (χ1n) is 5.86. The average Bonchev–Trinajstić information content (AvgIpc) is 2.76. The minimum Gasteiger partial charge on any atom is -0.326 e. The molecular weight excluding hydrogens is 276 g/mol. The molecule has 2 aromatic heterocycles. The van der Waals surface area contributed by atoms with Crippen molar-refractivity contribution in [2.75, 3.05) is 0 Å². The molecule has 0 saturated carbocycles. The lowest BCUT2D eigenvalue weighted by molar-refractivity contribution is 0.598. The van der Waals surface area contributed by atoms with Crippen molar-refractivity contribution in [3.8, 4) is 11.4 Å². The molecule has 3 rings (SSSR count). The highest BCUT2D eigenvalue weighted by Gasteiger charge is 2.12. The van der Waals surface area contributed by atoms with Crippen LogP contribution in [0.25, 0.3) is 22.4 Å². The fraction of sp³-hybridized carbons (Fsp3) is 0.0769. The number of fused-ring (bicyclic) bond motifs is 1. The third-order valence-electron chi connectivity index (χ3n) is 3.12. The number of pyridine rings is 1. The van der Waals surface area contributed by atoms with E-state index in [1.165, 1.54) is 12.1 Å². The number of nitrogens with zero attached hydrogens (tertiary/aromatic N) is 3. The summed E-state index contributed by atoms with van der Waals surface area (Å²) in [4.78, 5) is 8.67. The third kappa shape index (κ3) is 2.06. The standard InChI is InChI=1S/C13H12N4O2S/c1-17-12-8-15-7-6-11(12)16-13(17)9-2-4-10(5-3-9)20(14,18)19/h2-8H,1H3,(H2,14,18,19). The number of rotatable bonds is 2. The largest absolute Gasteiger partial charge is 0.326 e. The van der Waals surface area contributed by atoms with Gasteiger partial charge in [0.05, 0.1) is 22.1 Å². The fourth-order valence-electron chi connectivity index (χ4n) is 2.09. The molecule has 102 valence electrons. The van der Waals surface area contributed by atoms with Gasteiger partial charge in [0.1, 0.15) is 5.82 Å². The molecule has 0 aliphatic heterocycles. The van der Waals surface area contributed by atoms with Crippen molar-refractivity contribution in [2.45, 2.75) is 4.90 Å². The third-order valence-corrected chi connectivity index (χ3v) is 4.05. The van der Waals surface area contributed by atoms with Gasteiger partial charge in [-0.25, -0.2) is 18.5 Å². The Bertz CT molecular complexity index is 882. The summed E-state index contributed by atoms with van der Waals surface area (Å²) >= 11 is 0. The molecule has 2 heterocycles. The van der Waals surface area contributed by atoms with E-state index in [4.69, 9.17) is 5.14 Å². The van der Waals surface area contributed by atoms with Gasteiger partial charge in [0, 0.05) is 18.8 Å². The maximum absolute atomic E-state index is 11.2. The molecule has 0 atom stereocenters. The number of imidazole rings is 1. The Balaban J connectivity index is 2.14. The molecule has 7 heteroatoms. The van der Waals surface area contributed by atoms with Crippen LogP contribution in [0.4, 0.5) is 0 Å². The summed E-state index contributed by atoms with van der Waals surface area (Å²) in [5, 5.41) is 5.08. The second-order valence-electron chi connectivity index (χ2n) is 4.43. The molecule has 0 bridgehead atoms. The van der Waals surface area contributed by atoms with E-state index in [2.05, 4.69) is 9.97 Å². The van der Waals surface area contributed by atoms with E-state index in [1.54, 1.807) is 24.5 Å². The Labute approximate surface area is 115 Å². The minimum atomic E-state index is -3.67. The Hall–Kier alpha value is -2.25. The molecule has 0 unspecified atom stereocenters. The number of aromatic nitrogens is 3. The quantitative estimate of drug-likeness (QED) is 0.769. The molecule has 0 radical (unpaired) electrons. The molecule has 0 saturated heterocycles. The normalized spacial score (nSPS) is 11.9. The van der Waals surface area contributed by atoms with Crippen molar-refractivity contribution in [2.24, 2.45) is 12.2 Å². The van der Waals surface area contributed by atoms with Gasteiger partial charge in [-0.05, 0) is 30.3 Å². The van der Waals surface area contributed by atoms with Gasteiger partial charge >= 0.3 is 0 Å². The molecule has 20 heavy (non-hydrogen) atoms. The van der Waals surface area contributed by atoms with E-state index >= 15 is 0 Å². The first kappa shape index (κ1) is 12.8. The van der Waals surface area contributed by atoms with Crippen LogP contribution in [0.1, 0.15) is 0 Å². The van der Waals surface area contributed by atoms with Gasteiger partial charge in [-0.1, -0.05) is 0 Å². The lowest BCUT2D eigenvalue weighted by atomic mass is 10.2. The van der Waals surface area contributed by atoms with Crippen LogP contribution in [0.15, 0.2) is 47.6 Å². The van der Waals surface area contributed by atoms with Crippen molar-refractivity contribution < 1.29 is 8.42 Å². The number of benzene rings is 1. The summed E-state index contributed by atoms with van der Waals surface area (Å²) in [6, 6.07) is 8.16. The Morgan fingerprint density at radius 3 is 2.45 bits per heavy atom. The lowest BCUT2D eigenvalue weighted by Gasteiger charge is -2.03. The van der Waals surface area contributed by atoms with E-state index < -0.39 is 10.0 Å². The molecule has 0 aliphatic rings. The molecule has 3 aromatic rings. The van der Waals surface area contributed by atoms with Crippen LogP contribution in [0.5, 0.6) is 0 Å². The van der Waals surface area contributed by atoms with Gasteiger partial charge < -0.3 is 4.57 Å². The van der Waals surface area contributed by atoms with Gasteiger partial charge in [-0.3, -0.25) is 4.98 Å². The number of primary sulfonamides is 1. The second-order valence-corrected chi connectivity index (χ2v) is 5.99. The van der Waals surface area contributed by atoms with Gasteiger partial charge in [0.15, 0.2) is 0 Å². The predicted octanol–water partition coefficient (Wildman–Crippen LogP) is 1.28. The number of hydrogen-bond donors (Lipinski definition) is 1. The maximum atomic E-state index is 11.2. The maximum Gasteiger partial charge on any atom is 0.238 e. The van der Waals surface area contributed by atoms with Crippen molar-refractivity contribution in [1.82, 2.24) is 14.5 Å². The number of aryl methyl sites for hydroxylation is 1. The molecule has 0 aliphatic carbocycles. The summed E-state index contributed by atoms with van der Waals surface area (Å²) in [5.41, 5.74) is 2.57. The molecular formula is C13H12N4O2S. The highest BCUT2D eigenvalue weighted by Crippen LogP contribution is 2.23. The molecule has 1 aromatic carbocycles. The molecule has 0 amide bonds. The topological polar surface area (TPSA) is 90.9 Å². The van der Waals surface area contributed by atoms with Crippen LogP contribution >= 0.6 is 0 Å². The lowest BCUT2D eigenvalue weighted by Crippen LogP contribution is -2.11. The summed E-state index contributed by atoms with van der Waals surface area (Å²) in [5.74, 6) is 0.744. The summed E-state index contributed by atoms with van der Waals surface area (Å²) in [6.07, 6.45) is 3.42. The Morgan fingerprint density at radius 1 is 1.15 bits per heavy atom. The smallest absolute Gasteiger partial charge is 0.238 e. The average molecular weight is 288 g/mol. The van der Waals surface area contributed by atoms with Gasteiger partial charge in [0.25, 0.3) is 0 Å². The van der Waals surface area contributed by atoms with Crippen LogP contribution in [-0.2, 0) is 17.1 Å². The highest BCUT2D eigenvalue weighted by atomic mass is 32.2. The molecule has 0 spiro atoms. The van der Waals surface area contributed by atoms with Gasteiger partial charge in [-0.2, -0.15) is 0 Å². The SMILES string of the molecule is Cn1c(-c2ccc(S(N)(=O)=O)cc2)nc2ccncc21. The van der Waals surface area contributed by atoms with Crippen LogP contribution in [-0.4, -0.2) is 23.0 Å². The van der Waals surface area contributed by atoms with E-state index in [0.29, 0.717) is 0 Å². The number of hydrogen-bond acceptors (Lipinski definition) is 4. The Kier molecular flexibility index (Phi) is 2.81. The summed E-state index contributed by atoms with van der Waals surface area (Å²) in [7, 11) is -1.78. The van der Waals surface area contributed by atoms with Crippen molar-refractivity contribution in [1.29, 1.82) is 0 Å². The van der Waals surface area contributed by atoms with Crippen LogP contribution < -0.4 is 5.14 Å². The van der Waals surface area contributed by atoms with Crippen molar-refractivity contribution in [3.63, 3.8) is 0 Å². The zero-order valence-corrected chi connectivity index (χ0v) is 11.5. The zero-order valence-electron chi connectivity index (χ0n) is 10.7. The van der Waals surface area contributed by atoms with E-state index in [0.717, 1.165) is 22.4 Å². The van der Waals surface area contributed by atoms with E-state index in [9.17, 15) is 8.42 Å². The van der Waals surface area contributed by atoms with Crippen LogP contribution in [0.3, 0.4) is 0 Å². The van der Waals surface area contributed by atoms with E-state index in [1.807, 2.05) is 17.7 Å². The first-order valence-corrected chi connectivity index (χ1v) is 7.41. The highest BCUT2D eigenvalue weighted by molar-refractivity contribution is 7.89. The first-order chi connectivity index (χ1) is 9.47. The van der Waals surface area contributed by atoms with E-state index in [-0.39, 0.29) is 4.90 Å². The van der Waals surface area contributed by atoms with Crippen LogP contribution in [0.2, 0.25) is 0 Å². The number of sulfonamides is 1. The monoisotopic (exact) mass is 288 g/mol. The van der Waals surface area contributed by atoms with Crippen LogP contribution in [0, 0.1) is 0 Å². The molecule has 0 fully saturated rings. The Morgan fingerprint density at radius 2 is 1.85 bits per heavy atom. The van der Waals surface area contributed by atoms with Gasteiger partial charge in [-0.15, -0.1) is 0 Å².